The molecule has 0 saturated carbocycles. The Morgan fingerprint density at radius 1 is 0.917 bits per heavy atom. The van der Waals surface area contributed by atoms with Crippen LogP contribution in [-0.2, 0) is 0 Å². The first kappa shape index (κ1) is 11.4. The summed E-state index contributed by atoms with van der Waals surface area (Å²) in [5, 5.41) is 1.20. The zero-order valence-corrected chi connectivity index (χ0v) is 9.11. The van der Waals surface area contributed by atoms with E-state index in [0.717, 1.165) is 5.52 Å². The van der Waals surface area contributed by atoms with Crippen molar-refractivity contribution in [2.75, 3.05) is 0 Å². The Hall–Kier alpha value is -0.590. The van der Waals surface area contributed by atoms with E-state index in [9.17, 15) is 0 Å². The number of hydrogen-bond acceptors (Lipinski definition) is 1. The lowest BCUT2D eigenvalue weighted by molar-refractivity contribution is 1.41. The first-order chi connectivity index (χ1) is 4.97. The summed E-state index contributed by atoms with van der Waals surface area (Å²) in [7, 11) is 0. The molecule has 1 unspecified atom stereocenters. The predicted octanol–water partition coefficient (Wildman–Crippen LogP) is 2.41. The molecular formula is C9H12NPS. The molecule has 0 radical (unpaired) electrons. The Morgan fingerprint density at radius 2 is 1.58 bits per heavy atom. The summed E-state index contributed by atoms with van der Waals surface area (Å²) in [5.74, 6) is 0. The van der Waals surface area contributed by atoms with E-state index in [2.05, 4.69) is 17.1 Å². The maximum absolute atomic E-state index is 4.18. The molecule has 0 spiro atoms. The van der Waals surface area contributed by atoms with Crippen molar-refractivity contribution in [1.82, 2.24) is 4.98 Å². The average molecular weight is 197 g/mol. The van der Waals surface area contributed by atoms with Crippen LogP contribution in [0.1, 0.15) is 0 Å². The lowest BCUT2D eigenvalue weighted by Crippen LogP contribution is -1.73. The molecule has 1 nitrogen and oxygen atoms in total. The Balaban J connectivity index is 0.000000605. The van der Waals surface area contributed by atoms with E-state index in [1.165, 1.54) is 5.39 Å². The van der Waals surface area contributed by atoms with E-state index in [1.54, 1.807) is 0 Å². The second-order valence-corrected chi connectivity index (χ2v) is 2.20. The summed E-state index contributed by atoms with van der Waals surface area (Å²) in [4.78, 5) is 4.18. The molecule has 3 heteroatoms. The molecule has 1 atom stereocenters. The number of para-hydroxylation sites is 1. The molecule has 64 valence electrons. The SMILES string of the molecule is P.S.c1ccc2ncccc2c1. The first-order valence-electron chi connectivity index (χ1n) is 3.26. The van der Waals surface area contributed by atoms with E-state index in [-0.39, 0.29) is 23.4 Å². The normalized spacial score (nSPS) is 8.33. The van der Waals surface area contributed by atoms with Gasteiger partial charge in [-0.25, -0.2) is 0 Å². The van der Waals surface area contributed by atoms with Gasteiger partial charge in [0.05, 0.1) is 5.52 Å². The second kappa shape index (κ2) is 5.13. The predicted molar refractivity (Wildman–Crippen MR) is 63.2 cm³/mol. The summed E-state index contributed by atoms with van der Waals surface area (Å²) in [6.45, 7) is 0. The largest absolute Gasteiger partial charge is 0.256 e. The standard InChI is InChI=1S/C9H7N.H3P.H2S/c1-2-6-9-8(4-1)5-3-7-10-9;;/h1-7H;1H3;1H2. The van der Waals surface area contributed by atoms with Crippen molar-refractivity contribution in [2.24, 2.45) is 0 Å². The number of hydrogen-bond donors (Lipinski definition) is 0. The summed E-state index contributed by atoms with van der Waals surface area (Å²) in [6, 6.07) is 12.1. The molecule has 2 aromatic rings. The summed E-state index contributed by atoms with van der Waals surface area (Å²) >= 11 is 0. The lowest BCUT2D eigenvalue weighted by atomic mass is 10.2. The maximum atomic E-state index is 4.18. The van der Waals surface area contributed by atoms with E-state index < -0.39 is 0 Å². The Bertz CT molecular complexity index is 286. The monoisotopic (exact) mass is 197 g/mol. The molecular weight excluding hydrogens is 185 g/mol. The fourth-order valence-electron chi connectivity index (χ4n) is 1.02. The highest BCUT2D eigenvalue weighted by Gasteiger charge is 1.86. The van der Waals surface area contributed by atoms with Crippen LogP contribution in [-0.4, -0.2) is 4.98 Å². The minimum absolute atomic E-state index is 0. The highest BCUT2D eigenvalue weighted by atomic mass is 32.1. The van der Waals surface area contributed by atoms with E-state index in [1.807, 2.05) is 30.5 Å². The number of nitrogens with zero attached hydrogens (tertiary/aromatic N) is 1. The summed E-state index contributed by atoms with van der Waals surface area (Å²) in [5.41, 5.74) is 1.06. The third-order valence-electron chi connectivity index (χ3n) is 1.51. The lowest BCUT2D eigenvalue weighted by Gasteiger charge is -1.91. The highest BCUT2D eigenvalue weighted by molar-refractivity contribution is 7.59. The molecule has 0 fully saturated rings. The maximum Gasteiger partial charge on any atom is 0.0701 e. The Kier molecular flexibility index (Phi) is 4.87. The van der Waals surface area contributed by atoms with Crippen molar-refractivity contribution in [1.29, 1.82) is 0 Å². The van der Waals surface area contributed by atoms with Gasteiger partial charge in [0.1, 0.15) is 0 Å². The van der Waals surface area contributed by atoms with Crippen molar-refractivity contribution < 1.29 is 0 Å². The van der Waals surface area contributed by atoms with Gasteiger partial charge in [-0.2, -0.15) is 23.4 Å². The average Bonchev–Trinajstić information content (AvgIpc) is 2.05. The smallest absolute Gasteiger partial charge is 0.0701 e. The number of benzene rings is 1. The molecule has 2 rings (SSSR count). The topological polar surface area (TPSA) is 12.9 Å². The number of pyridine rings is 1. The second-order valence-electron chi connectivity index (χ2n) is 2.20. The number of rotatable bonds is 0. The highest BCUT2D eigenvalue weighted by Crippen LogP contribution is 2.07. The van der Waals surface area contributed by atoms with Gasteiger partial charge in [-0.05, 0) is 12.1 Å². The minimum atomic E-state index is 0. The molecule has 1 aromatic carbocycles. The van der Waals surface area contributed by atoms with Crippen LogP contribution < -0.4 is 0 Å². The minimum Gasteiger partial charge on any atom is -0.256 e. The molecule has 1 aromatic heterocycles. The van der Waals surface area contributed by atoms with Crippen molar-refractivity contribution in [2.45, 2.75) is 0 Å². The third kappa shape index (κ3) is 2.20. The zero-order valence-electron chi connectivity index (χ0n) is 6.70. The Morgan fingerprint density at radius 3 is 2.33 bits per heavy atom. The fourth-order valence-corrected chi connectivity index (χ4v) is 1.02. The molecule has 0 saturated heterocycles. The molecule has 1 heterocycles. The first-order valence-corrected chi connectivity index (χ1v) is 3.26. The van der Waals surface area contributed by atoms with Crippen molar-refractivity contribution in [3.63, 3.8) is 0 Å². The molecule has 0 aliphatic carbocycles. The van der Waals surface area contributed by atoms with Crippen molar-refractivity contribution >= 4 is 34.3 Å². The van der Waals surface area contributed by atoms with Crippen LogP contribution in [0, 0.1) is 0 Å². The molecule has 0 N–H and O–H groups in total. The van der Waals surface area contributed by atoms with Crippen LogP contribution in [0.25, 0.3) is 10.9 Å². The van der Waals surface area contributed by atoms with Crippen LogP contribution >= 0.6 is 23.4 Å². The molecule has 0 aliphatic rings. The van der Waals surface area contributed by atoms with Gasteiger partial charge in [0.2, 0.25) is 0 Å². The van der Waals surface area contributed by atoms with E-state index >= 15 is 0 Å². The van der Waals surface area contributed by atoms with Crippen LogP contribution in [0.2, 0.25) is 0 Å². The van der Waals surface area contributed by atoms with Gasteiger partial charge in [-0.15, -0.1) is 0 Å². The van der Waals surface area contributed by atoms with Crippen molar-refractivity contribution in [3.05, 3.63) is 42.6 Å². The summed E-state index contributed by atoms with van der Waals surface area (Å²) < 4.78 is 0. The number of aromatic nitrogens is 1. The van der Waals surface area contributed by atoms with Crippen LogP contribution in [0.3, 0.4) is 0 Å². The van der Waals surface area contributed by atoms with Gasteiger partial charge in [-0.1, -0.05) is 24.3 Å². The molecule has 0 aliphatic heterocycles. The molecule has 0 bridgehead atoms. The molecule has 12 heavy (non-hydrogen) atoms. The van der Waals surface area contributed by atoms with Crippen LogP contribution in [0.15, 0.2) is 42.6 Å². The van der Waals surface area contributed by atoms with Gasteiger partial charge in [0.25, 0.3) is 0 Å². The fraction of sp³-hybridized carbons (Fsp3) is 0. The van der Waals surface area contributed by atoms with Crippen LogP contribution in [0.5, 0.6) is 0 Å². The van der Waals surface area contributed by atoms with Gasteiger partial charge in [-0.3, -0.25) is 4.98 Å². The van der Waals surface area contributed by atoms with Crippen LogP contribution in [0.4, 0.5) is 0 Å². The quantitative estimate of drug-likeness (QED) is 0.591. The van der Waals surface area contributed by atoms with Gasteiger partial charge < -0.3 is 0 Å². The third-order valence-corrected chi connectivity index (χ3v) is 1.51. The molecule has 0 amide bonds. The van der Waals surface area contributed by atoms with E-state index in [4.69, 9.17) is 0 Å². The van der Waals surface area contributed by atoms with Gasteiger partial charge >= 0.3 is 0 Å². The van der Waals surface area contributed by atoms with E-state index in [0.29, 0.717) is 0 Å². The van der Waals surface area contributed by atoms with Gasteiger partial charge in [0, 0.05) is 11.6 Å². The number of fused-ring (bicyclic) bond motifs is 1. The van der Waals surface area contributed by atoms with Gasteiger partial charge in [0.15, 0.2) is 0 Å². The summed E-state index contributed by atoms with van der Waals surface area (Å²) in [6.07, 6.45) is 1.81. The van der Waals surface area contributed by atoms with Crippen molar-refractivity contribution in [3.8, 4) is 0 Å². The Labute approximate surface area is 82.3 Å². The zero-order chi connectivity index (χ0) is 6.81.